The summed E-state index contributed by atoms with van der Waals surface area (Å²) in [6.45, 7) is 3.48. The first kappa shape index (κ1) is 10.7. The molecule has 14 heavy (non-hydrogen) atoms. The third-order valence-corrected chi connectivity index (χ3v) is 2.30. The molecule has 0 saturated carbocycles. The number of hydrogen-bond acceptors (Lipinski definition) is 2. The predicted octanol–water partition coefficient (Wildman–Crippen LogP) is 2.53. The third-order valence-electron chi connectivity index (χ3n) is 2.30. The average molecular weight is 196 g/mol. The zero-order chi connectivity index (χ0) is 10.7. The molecule has 1 atom stereocenters. The summed E-state index contributed by atoms with van der Waals surface area (Å²) in [5.41, 5.74) is 1.10. The van der Waals surface area contributed by atoms with Crippen LogP contribution >= 0.6 is 0 Å². The molecule has 1 aromatic rings. The summed E-state index contributed by atoms with van der Waals surface area (Å²) in [4.78, 5) is 10.3. The second-order valence-corrected chi connectivity index (χ2v) is 3.46. The van der Waals surface area contributed by atoms with E-state index in [-0.39, 0.29) is 11.7 Å². The van der Waals surface area contributed by atoms with Gasteiger partial charge in [-0.3, -0.25) is 0 Å². The van der Waals surface area contributed by atoms with Gasteiger partial charge in [0.25, 0.3) is 0 Å². The summed E-state index contributed by atoms with van der Waals surface area (Å²) in [6, 6.07) is 2.67. The van der Waals surface area contributed by atoms with E-state index in [1.54, 1.807) is 19.9 Å². The Labute approximate surface area is 82.4 Å². The molecular formula is C11H13FO2. The molecule has 0 aromatic heterocycles. The van der Waals surface area contributed by atoms with Gasteiger partial charge in [-0.05, 0) is 30.0 Å². The number of phenolic OH excluding ortho intramolecular Hbond substituents is 1. The van der Waals surface area contributed by atoms with Gasteiger partial charge in [0.15, 0.2) is 0 Å². The van der Waals surface area contributed by atoms with Gasteiger partial charge in [0.05, 0.1) is 0 Å². The van der Waals surface area contributed by atoms with Crippen molar-refractivity contribution in [1.29, 1.82) is 0 Å². The van der Waals surface area contributed by atoms with Crippen LogP contribution in [0.5, 0.6) is 5.75 Å². The first-order chi connectivity index (χ1) is 6.56. The molecule has 2 nitrogen and oxygen atoms in total. The largest absolute Gasteiger partial charge is 0.508 e. The lowest BCUT2D eigenvalue weighted by Crippen LogP contribution is -1.99. The molecule has 0 saturated heterocycles. The standard InChI is InChI=1S/C11H13FO2/c1-7(3-4-13)9-5-8(2)11(14)6-10(9)12/h4-7,14H,3H2,1-2H3. The van der Waals surface area contributed by atoms with Crippen LogP contribution in [0.25, 0.3) is 0 Å². The molecule has 0 aliphatic heterocycles. The fourth-order valence-electron chi connectivity index (χ4n) is 1.34. The van der Waals surface area contributed by atoms with Crippen LogP contribution in [0, 0.1) is 12.7 Å². The summed E-state index contributed by atoms with van der Waals surface area (Å²) < 4.78 is 13.3. The highest BCUT2D eigenvalue weighted by Gasteiger charge is 2.12. The maximum atomic E-state index is 13.3. The van der Waals surface area contributed by atoms with Gasteiger partial charge >= 0.3 is 0 Å². The van der Waals surface area contributed by atoms with Gasteiger partial charge in [-0.15, -0.1) is 0 Å². The third kappa shape index (κ3) is 2.10. The fraction of sp³-hybridized carbons (Fsp3) is 0.364. The minimum Gasteiger partial charge on any atom is -0.508 e. The van der Waals surface area contributed by atoms with Gasteiger partial charge in [-0.25, -0.2) is 4.39 Å². The monoisotopic (exact) mass is 196 g/mol. The van der Waals surface area contributed by atoms with Crippen LogP contribution in [-0.4, -0.2) is 11.4 Å². The second-order valence-electron chi connectivity index (χ2n) is 3.46. The van der Waals surface area contributed by atoms with Crippen LogP contribution in [0.3, 0.4) is 0 Å². The van der Waals surface area contributed by atoms with Crippen molar-refractivity contribution in [3.8, 4) is 5.75 Å². The van der Waals surface area contributed by atoms with E-state index in [9.17, 15) is 14.3 Å². The Kier molecular flexibility index (Phi) is 3.23. The Morgan fingerprint density at radius 3 is 2.79 bits per heavy atom. The molecule has 1 aromatic carbocycles. The lowest BCUT2D eigenvalue weighted by molar-refractivity contribution is -0.108. The van der Waals surface area contributed by atoms with Crippen molar-refractivity contribution in [3.63, 3.8) is 0 Å². The molecule has 0 heterocycles. The summed E-state index contributed by atoms with van der Waals surface area (Å²) in [5, 5.41) is 9.23. The first-order valence-electron chi connectivity index (χ1n) is 4.49. The molecule has 1 unspecified atom stereocenters. The summed E-state index contributed by atoms with van der Waals surface area (Å²) in [5.74, 6) is -0.654. The highest BCUT2D eigenvalue weighted by atomic mass is 19.1. The Balaban J connectivity index is 3.08. The van der Waals surface area contributed by atoms with E-state index in [1.807, 2.05) is 0 Å². The quantitative estimate of drug-likeness (QED) is 0.754. The van der Waals surface area contributed by atoms with E-state index < -0.39 is 5.82 Å². The van der Waals surface area contributed by atoms with Crippen molar-refractivity contribution in [3.05, 3.63) is 29.1 Å². The van der Waals surface area contributed by atoms with Crippen LogP contribution in [0.4, 0.5) is 4.39 Å². The number of phenols is 1. The van der Waals surface area contributed by atoms with Crippen molar-refractivity contribution in [2.75, 3.05) is 0 Å². The number of benzene rings is 1. The van der Waals surface area contributed by atoms with Gasteiger partial charge in [0.2, 0.25) is 0 Å². The van der Waals surface area contributed by atoms with E-state index in [2.05, 4.69) is 0 Å². The summed E-state index contributed by atoms with van der Waals surface area (Å²) in [7, 11) is 0. The number of rotatable bonds is 3. The van der Waals surface area contributed by atoms with Crippen molar-refractivity contribution >= 4 is 6.29 Å². The molecule has 76 valence electrons. The number of aryl methyl sites for hydroxylation is 1. The zero-order valence-electron chi connectivity index (χ0n) is 8.25. The molecule has 3 heteroatoms. The maximum absolute atomic E-state index is 13.3. The van der Waals surface area contributed by atoms with Gasteiger partial charge < -0.3 is 9.90 Å². The number of hydrogen-bond donors (Lipinski definition) is 1. The molecule has 0 amide bonds. The Morgan fingerprint density at radius 2 is 2.21 bits per heavy atom. The first-order valence-corrected chi connectivity index (χ1v) is 4.49. The second kappa shape index (κ2) is 4.22. The van der Waals surface area contributed by atoms with Crippen molar-refractivity contribution in [1.82, 2.24) is 0 Å². The van der Waals surface area contributed by atoms with Crippen LogP contribution in [0.1, 0.15) is 30.4 Å². The molecule has 1 N–H and O–H groups in total. The number of carbonyl (C=O) groups is 1. The molecule has 0 aliphatic rings. The van der Waals surface area contributed by atoms with Gasteiger partial charge in [0.1, 0.15) is 17.9 Å². The number of aromatic hydroxyl groups is 1. The van der Waals surface area contributed by atoms with Crippen LogP contribution < -0.4 is 0 Å². The summed E-state index contributed by atoms with van der Waals surface area (Å²) >= 11 is 0. The molecule has 0 bridgehead atoms. The SMILES string of the molecule is Cc1cc(C(C)CC=O)c(F)cc1O. The molecule has 0 radical (unpaired) electrons. The maximum Gasteiger partial charge on any atom is 0.130 e. The van der Waals surface area contributed by atoms with Gasteiger partial charge in [-0.2, -0.15) is 0 Å². The number of carbonyl (C=O) groups excluding carboxylic acids is 1. The summed E-state index contributed by atoms with van der Waals surface area (Å²) in [6.07, 6.45) is 1.06. The average Bonchev–Trinajstić information content (AvgIpc) is 2.11. The Bertz CT molecular complexity index is 347. The van der Waals surface area contributed by atoms with Crippen LogP contribution in [-0.2, 0) is 4.79 Å². The minimum atomic E-state index is -0.456. The highest BCUT2D eigenvalue weighted by Crippen LogP contribution is 2.27. The lowest BCUT2D eigenvalue weighted by Gasteiger charge is -2.11. The predicted molar refractivity (Wildman–Crippen MR) is 51.9 cm³/mol. The van der Waals surface area contributed by atoms with E-state index >= 15 is 0 Å². The van der Waals surface area contributed by atoms with Crippen molar-refractivity contribution in [2.24, 2.45) is 0 Å². The van der Waals surface area contributed by atoms with E-state index in [4.69, 9.17) is 0 Å². The van der Waals surface area contributed by atoms with E-state index in [0.29, 0.717) is 17.5 Å². The van der Waals surface area contributed by atoms with Crippen molar-refractivity contribution in [2.45, 2.75) is 26.2 Å². The Hall–Kier alpha value is -1.38. The van der Waals surface area contributed by atoms with Crippen molar-refractivity contribution < 1.29 is 14.3 Å². The minimum absolute atomic E-state index is 0.0513. The Morgan fingerprint density at radius 1 is 1.57 bits per heavy atom. The molecular weight excluding hydrogens is 183 g/mol. The van der Waals surface area contributed by atoms with Crippen LogP contribution in [0.15, 0.2) is 12.1 Å². The molecule has 0 aliphatic carbocycles. The highest BCUT2D eigenvalue weighted by molar-refractivity contribution is 5.52. The topological polar surface area (TPSA) is 37.3 Å². The zero-order valence-corrected chi connectivity index (χ0v) is 8.25. The lowest BCUT2D eigenvalue weighted by atomic mass is 9.96. The van der Waals surface area contributed by atoms with Gasteiger partial charge in [0, 0.05) is 12.5 Å². The normalized spacial score (nSPS) is 12.5. The number of aldehydes is 1. The molecule has 1 rings (SSSR count). The van der Waals surface area contributed by atoms with Gasteiger partial charge in [-0.1, -0.05) is 6.92 Å². The number of halogens is 1. The molecule has 0 spiro atoms. The fourth-order valence-corrected chi connectivity index (χ4v) is 1.34. The van der Waals surface area contributed by atoms with Crippen LogP contribution in [0.2, 0.25) is 0 Å². The smallest absolute Gasteiger partial charge is 0.130 e. The van der Waals surface area contributed by atoms with E-state index in [0.717, 1.165) is 12.4 Å². The molecule has 0 fully saturated rings. The van der Waals surface area contributed by atoms with E-state index in [1.165, 1.54) is 0 Å².